The van der Waals surface area contributed by atoms with Crippen LogP contribution in [0, 0.1) is 6.92 Å². The Morgan fingerprint density at radius 1 is 1.36 bits per heavy atom. The van der Waals surface area contributed by atoms with Gasteiger partial charge < -0.3 is 5.32 Å². The van der Waals surface area contributed by atoms with Crippen molar-refractivity contribution < 1.29 is 4.79 Å². The molecule has 1 N–H and O–H groups in total. The van der Waals surface area contributed by atoms with Gasteiger partial charge in [0.15, 0.2) is 0 Å². The number of carbonyl (C=O) groups excluding carboxylic acids is 1. The molecule has 5 nitrogen and oxygen atoms in total. The van der Waals surface area contributed by atoms with E-state index in [0.717, 1.165) is 25.2 Å². The standard InChI is InChI=1S/C20H28N4O/c1-16-13-21-24(14-16)15-19-9-6-11-23(19)12-10-20(25)22-17(2)18-7-4-3-5-8-18/h3-5,7-8,13-14,17,19H,6,9-12,15H2,1-2H3,(H,22,25)/t17-,19+/m1/s1. The third-order valence-electron chi connectivity index (χ3n) is 4.96. The Kier molecular flexibility index (Phi) is 5.87. The van der Waals surface area contributed by atoms with Crippen molar-refractivity contribution in [1.29, 1.82) is 0 Å². The third kappa shape index (κ3) is 4.92. The zero-order valence-corrected chi connectivity index (χ0v) is 15.2. The van der Waals surface area contributed by atoms with Crippen LogP contribution in [0.2, 0.25) is 0 Å². The number of likely N-dealkylation sites (tertiary alicyclic amines) is 1. The van der Waals surface area contributed by atoms with Gasteiger partial charge >= 0.3 is 0 Å². The number of hydrogen-bond acceptors (Lipinski definition) is 3. The third-order valence-corrected chi connectivity index (χ3v) is 4.96. The molecule has 134 valence electrons. The first-order valence-corrected chi connectivity index (χ1v) is 9.19. The molecule has 1 aromatic carbocycles. The molecule has 2 heterocycles. The van der Waals surface area contributed by atoms with Crippen LogP contribution < -0.4 is 5.32 Å². The SMILES string of the molecule is Cc1cnn(C[C@@H]2CCCN2CCC(=O)N[C@H](C)c2ccccc2)c1. The second-order valence-electron chi connectivity index (χ2n) is 7.02. The summed E-state index contributed by atoms with van der Waals surface area (Å²) >= 11 is 0. The molecular weight excluding hydrogens is 312 g/mol. The lowest BCUT2D eigenvalue weighted by Crippen LogP contribution is -2.37. The number of aryl methyl sites for hydroxylation is 1. The van der Waals surface area contributed by atoms with Crippen LogP contribution in [-0.2, 0) is 11.3 Å². The van der Waals surface area contributed by atoms with E-state index in [4.69, 9.17) is 0 Å². The van der Waals surface area contributed by atoms with Gasteiger partial charge in [-0.05, 0) is 44.4 Å². The monoisotopic (exact) mass is 340 g/mol. The van der Waals surface area contributed by atoms with E-state index in [1.54, 1.807) is 0 Å². The van der Waals surface area contributed by atoms with Gasteiger partial charge in [0, 0.05) is 25.2 Å². The molecule has 2 aromatic rings. The van der Waals surface area contributed by atoms with Crippen LogP contribution in [0.3, 0.4) is 0 Å². The van der Waals surface area contributed by atoms with Gasteiger partial charge in [0.25, 0.3) is 0 Å². The summed E-state index contributed by atoms with van der Waals surface area (Å²) in [5, 5.41) is 7.50. The van der Waals surface area contributed by atoms with Crippen molar-refractivity contribution in [1.82, 2.24) is 20.0 Å². The number of amides is 1. The van der Waals surface area contributed by atoms with Crippen LogP contribution in [0.15, 0.2) is 42.7 Å². The molecule has 0 unspecified atom stereocenters. The highest BCUT2D eigenvalue weighted by atomic mass is 16.1. The van der Waals surface area contributed by atoms with Gasteiger partial charge in [-0.1, -0.05) is 30.3 Å². The molecule has 1 aliphatic heterocycles. The molecule has 0 spiro atoms. The minimum atomic E-state index is 0.0510. The minimum absolute atomic E-state index is 0.0510. The summed E-state index contributed by atoms with van der Waals surface area (Å²) in [4.78, 5) is 14.7. The number of nitrogens with zero attached hydrogens (tertiary/aromatic N) is 3. The van der Waals surface area contributed by atoms with E-state index in [1.807, 2.05) is 48.1 Å². The van der Waals surface area contributed by atoms with E-state index in [1.165, 1.54) is 18.4 Å². The fourth-order valence-corrected chi connectivity index (χ4v) is 3.56. The fourth-order valence-electron chi connectivity index (χ4n) is 3.56. The summed E-state index contributed by atoms with van der Waals surface area (Å²) in [6.45, 7) is 6.90. The van der Waals surface area contributed by atoms with Crippen molar-refractivity contribution in [2.75, 3.05) is 13.1 Å². The summed E-state index contributed by atoms with van der Waals surface area (Å²) in [5.41, 5.74) is 2.34. The van der Waals surface area contributed by atoms with Crippen molar-refractivity contribution in [3.63, 3.8) is 0 Å². The summed E-state index contributed by atoms with van der Waals surface area (Å²) in [6.07, 6.45) is 6.92. The summed E-state index contributed by atoms with van der Waals surface area (Å²) in [6, 6.07) is 10.6. The molecule has 5 heteroatoms. The highest BCUT2D eigenvalue weighted by Gasteiger charge is 2.25. The van der Waals surface area contributed by atoms with E-state index in [-0.39, 0.29) is 11.9 Å². The highest BCUT2D eigenvalue weighted by molar-refractivity contribution is 5.76. The largest absolute Gasteiger partial charge is 0.350 e. The molecule has 2 atom stereocenters. The lowest BCUT2D eigenvalue weighted by atomic mass is 10.1. The molecule has 0 bridgehead atoms. The number of hydrogen-bond donors (Lipinski definition) is 1. The molecular formula is C20H28N4O. The van der Waals surface area contributed by atoms with E-state index < -0.39 is 0 Å². The average molecular weight is 340 g/mol. The molecule has 1 aromatic heterocycles. The number of aromatic nitrogens is 2. The smallest absolute Gasteiger partial charge is 0.221 e. The van der Waals surface area contributed by atoms with Crippen LogP contribution in [0.4, 0.5) is 0 Å². The molecule has 25 heavy (non-hydrogen) atoms. The quantitative estimate of drug-likeness (QED) is 0.843. The van der Waals surface area contributed by atoms with Crippen LogP contribution in [-0.4, -0.2) is 39.7 Å². The van der Waals surface area contributed by atoms with Crippen molar-refractivity contribution in [3.8, 4) is 0 Å². The van der Waals surface area contributed by atoms with E-state index in [9.17, 15) is 4.79 Å². The van der Waals surface area contributed by atoms with E-state index in [0.29, 0.717) is 12.5 Å². The van der Waals surface area contributed by atoms with Crippen LogP contribution in [0.5, 0.6) is 0 Å². The Morgan fingerprint density at radius 3 is 2.88 bits per heavy atom. The van der Waals surface area contributed by atoms with Crippen molar-refractivity contribution in [2.45, 2.75) is 51.7 Å². The fraction of sp³-hybridized carbons (Fsp3) is 0.500. The lowest BCUT2D eigenvalue weighted by molar-refractivity contribution is -0.122. The summed E-state index contributed by atoms with van der Waals surface area (Å²) < 4.78 is 2.02. The Labute approximate surface area is 150 Å². The first-order valence-electron chi connectivity index (χ1n) is 9.19. The molecule has 1 fully saturated rings. The molecule has 1 amide bonds. The Morgan fingerprint density at radius 2 is 2.16 bits per heavy atom. The predicted octanol–water partition coefficient (Wildman–Crippen LogP) is 2.92. The van der Waals surface area contributed by atoms with Crippen LogP contribution in [0.1, 0.15) is 43.4 Å². The molecule has 3 rings (SSSR count). The minimum Gasteiger partial charge on any atom is -0.350 e. The Hall–Kier alpha value is -2.14. The molecule has 0 saturated carbocycles. The number of benzene rings is 1. The number of carbonyl (C=O) groups is 1. The number of nitrogens with one attached hydrogen (secondary N) is 1. The second-order valence-corrected chi connectivity index (χ2v) is 7.02. The zero-order chi connectivity index (χ0) is 17.6. The van der Waals surface area contributed by atoms with E-state index >= 15 is 0 Å². The predicted molar refractivity (Wildman–Crippen MR) is 99.2 cm³/mol. The maximum absolute atomic E-state index is 12.3. The molecule has 1 aliphatic rings. The second kappa shape index (κ2) is 8.30. The van der Waals surface area contributed by atoms with Gasteiger partial charge in [0.1, 0.15) is 0 Å². The van der Waals surface area contributed by atoms with Crippen LogP contribution >= 0.6 is 0 Å². The highest BCUT2D eigenvalue weighted by Crippen LogP contribution is 2.19. The van der Waals surface area contributed by atoms with Crippen molar-refractivity contribution in [2.24, 2.45) is 0 Å². The lowest BCUT2D eigenvalue weighted by Gasteiger charge is -2.24. The Bertz CT molecular complexity index is 682. The van der Waals surface area contributed by atoms with Gasteiger partial charge in [0.2, 0.25) is 5.91 Å². The first-order chi connectivity index (χ1) is 12.1. The van der Waals surface area contributed by atoms with Gasteiger partial charge in [-0.15, -0.1) is 0 Å². The van der Waals surface area contributed by atoms with Crippen molar-refractivity contribution >= 4 is 5.91 Å². The molecule has 0 aliphatic carbocycles. The molecule has 1 saturated heterocycles. The topological polar surface area (TPSA) is 50.2 Å². The van der Waals surface area contributed by atoms with Gasteiger partial charge in [0.05, 0.1) is 18.8 Å². The van der Waals surface area contributed by atoms with E-state index in [2.05, 4.69) is 28.4 Å². The maximum atomic E-state index is 12.3. The maximum Gasteiger partial charge on any atom is 0.221 e. The van der Waals surface area contributed by atoms with Crippen molar-refractivity contribution in [3.05, 3.63) is 53.9 Å². The number of rotatable bonds is 7. The first kappa shape index (κ1) is 17.7. The average Bonchev–Trinajstić information content (AvgIpc) is 3.23. The summed E-state index contributed by atoms with van der Waals surface area (Å²) in [7, 11) is 0. The van der Waals surface area contributed by atoms with Crippen LogP contribution in [0.25, 0.3) is 0 Å². The van der Waals surface area contributed by atoms with Gasteiger partial charge in [-0.3, -0.25) is 14.4 Å². The zero-order valence-electron chi connectivity index (χ0n) is 15.2. The normalized spacial score (nSPS) is 19.0. The van der Waals surface area contributed by atoms with Gasteiger partial charge in [-0.2, -0.15) is 5.10 Å². The van der Waals surface area contributed by atoms with Gasteiger partial charge in [-0.25, -0.2) is 0 Å². The molecule has 0 radical (unpaired) electrons. The Balaban J connectivity index is 1.46. The summed E-state index contributed by atoms with van der Waals surface area (Å²) in [5.74, 6) is 0.122.